The first-order valence-electron chi connectivity index (χ1n) is 6.24. The third-order valence-electron chi connectivity index (χ3n) is 2.92. The molecule has 9 nitrogen and oxygen atoms in total. The molecule has 2 aromatic carbocycles. The standard InChI is InChI=1S/C14H9N3O6/c18-13(9-5-1-3-7-11(9)16(20)21)15-14(19)10-6-2-4-8-12(10)17(22)23/h1-8H,(H,15,18,19). The van der Waals surface area contributed by atoms with Gasteiger partial charge in [0, 0.05) is 12.1 Å². The van der Waals surface area contributed by atoms with E-state index in [1.165, 1.54) is 36.4 Å². The third kappa shape index (κ3) is 3.35. The van der Waals surface area contributed by atoms with E-state index in [0.717, 1.165) is 12.1 Å². The number of nitro benzene ring substituents is 2. The highest BCUT2D eigenvalue weighted by Gasteiger charge is 2.24. The van der Waals surface area contributed by atoms with Crippen molar-refractivity contribution in [2.45, 2.75) is 0 Å². The predicted octanol–water partition coefficient (Wildman–Crippen LogP) is 2.07. The van der Waals surface area contributed by atoms with E-state index in [0.29, 0.717) is 0 Å². The molecule has 0 aromatic heterocycles. The zero-order valence-corrected chi connectivity index (χ0v) is 11.5. The molecule has 0 spiro atoms. The van der Waals surface area contributed by atoms with Gasteiger partial charge in [-0.15, -0.1) is 0 Å². The van der Waals surface area contributed by atoms with Gasteiger partial charge in [-0.25, -0.2) is 0 Å². The molecular weight excluding hydrogens is 306 g/mol. The van der Waals surface area contributed by atoms with Crippen molar-refractivity contribution in [3.63, 3.8) is 0 Å². The molecule has 0 unspecified atom stereocenters. The molecular formula is C14H9N3O6. The lowest BCUT2D eigenvalue weighted by atomic mass is 10.1. The number of imide groups is 1. The van der Waals surface area contributed by atoms with Crippen LogP contribution in [-0.2, 0) is 0 Å². The van der Waals surface area contributed by atoms with Gasteiger partial charge in [0.25, 0.3) is 23.2 Å². The van der Waals surface area contributed by atoms with Gasteiger partial charge in [-0.3, -0.25) is 35.1 Å². The van der Waals surface area contributed by atoms with Crippen molar-refractivity contribution >= 4 is 23.2 Å². The number of nitrogens with zero attached hydrogens (tertiary/aromatic N) is 2. The van der Waals surface area contributed by atoms with Crippen LogP contribution in [0.15, 0.2) is 48.5 Å². The van der Waals surface area contributed by atoms with E-state index < -0.39 is 33.0 Å². The number of nitrogens with one attached hydrogen (secondary N) is 1. The van der Waals surface area contributed by atoms with Gasteiger partial charge in [0.2, 0.25) is 0 Å². The fourth-order valence-corrected chi connectivity index (χ4v) is 1.89. The zero-order valence-electron chi connectivity index (χ0n) is 11.5. The highest BCUT2D eigenvalue weighted by Crippen LogP contribution is 2.19. The SMILES string of the molecule is O=C(NC(=O)c1ccccc1[N+](=O)[O-])c1ccccc1[N+](=O)[O-]. The fraction of sp³-hybridized carbons (Fsp3) is 0. The van der Waals surface area contributed by atoms with Crippen molar-refractivity contribution in [3.05, 3.63) is 79.9 Å². The molecule has 0 aliphatic rings. The molecule has 0 aliphatic carbocycles. The Bertz CT molecular complexity index is 750. The Balaban J connectivity index is 2.30. The normalized spacial score (nSPS) is 9.91. The van der Waals surface area contributed by atoms with E-state index >= 15 is 0 Å². The second kappa shape index (κ2) is 6.43. The second-order valence-corrected chi connectivity index (χ2v) is 4.33. The summed E-state index contributed by atoms with van der Waals surface area (Å²) >= 11 is 0. The Morgan fingerprint density at radius 3 is 1.43 bits per heavy atom. The van der Waals surface area contributed by atoms with E-state index in [1.807, 2.05) is 5.32 Å². The molecule has 0 saturated carbocycles. The minimum atomic E-state index is -1.01. The number of carbonyl (C=O) groups is 2. The summed E-state index contributed by atoms with van der Waals surface area (Å²) in [6, 6.07) is 10.1. The summed E-state index contributed by atoms with van der Waals surface area (Å²) in [5.74, 6) is -2.03. The number of hydrogen-bond donors (Lipinski definition) is 1. The molecule has 2 amide bonds. The van der Waals surface area contributed by atoms with E-state index in [1.54, 1.807) is 0 Å². The van der Waals surface area contributed by atoms with Gasteiger partial charge in [0.05, 0.1) is 9.85 Å². The van der Waals surface area contributed by atoms with Crippen LogP contribution in [0.2, 0.25) is 0 Å². The lowest BCUT2D eigenvalue weighted by Gasteiger charge is -2.05. The Hall–Kier alpha value is -3.62. The zero-order chi connectivity index (χ0) is 17.0. The van der Waals surface area contributed by atoms with Gasteiger partial charge < -0.3 is 0 Å². The molecule has 116 valence electrons. The first-order chi connectivity index (χ1) is 10.9. The molecule has 9 heteroatoms. The predicted molar refractivity (Wildman–Crippen MR) is 78.0 cm³/mol. The summed E-state index contributed by atoms with van der Waals surface area (Å²) in [5, 5.41) is 23.7. The highest BCUT2D eigenvalue weighted by molar-refractivity contribution is 6.13. The van der Waals surface area contributed by atoms with Crippen molar-refractivity contribution in [1.29, 1.82) is 0 Å². The summed E-state index contributed by atoms with van der Waals surface area (Å²) in [6.07, 6.45) is 0. The quantitative estimate of drug-likeness (QED) is 0.521. The first kappa shape index (κ1) is 15.8. The maximum atomic E-state index is 12.0. The number of amides is 2. The molecule has 2 rings (SSSR count). The van der Waals surface area contributed by atoms with Crippen molar-refractivity contribution in [2.24, 2.45) is 0 Å². The van der Waals surface area contributed by atoms with Crippen LogP contribution >= 0.6 is 0 Å². The summed E-state index contributed by atoms with van der Waals surface area (Å²) in [5.41, 5.74) is -1.57. The number of carbonyl (C=O) groups excluding carboxylic acids is 2. The van der Waals surface area contributed by atoms with E-state index in [2.05, 4.69) is 0 Å². The highest BCUT2D eigenvalue weighted by atomic mass is 16.6. The Morgan fingerprint density at radius 1 is 0.739 bits per heavy atom. The summed E-state index contributed by atoms with van der Waals surface area (Å²) < 4.78 is 0. The first-order valence-corrected chi connectivity index (χ1v) is 6.24. The molecule has 1 N–H and O–H groups in total. The van der Waals surface area contributed by atoms with Gasteiger partial charge in [0.1, 0.15) is 11.1 Å². The Kier molecular flexibility index (Phi) is 4.41. The number of hydrogen-bond acceptors (Lipinski definition) is 6. The third-order valence-corrected chi connectivity index (χ3v) is 2.92. The van der Waals surface area contributed by atoms with Crippen molar-refractivity contribution in [3.8, 4) is 0 Å². The van der Waals surface area contributed by atoms with Gasteiger partial charge in [-0.2, -0.15) is 0 Å². The summed E-state index contributed by atoms with van der Waals surface area (Å²) in [7, 11) is 0. The summed E-state index contributed by atoms with van der Waals surface area (Å²) in [6.45, 7) is 0. The van der Waals surface area contributed by atoms with Crippen LogP contribution in [0.5, 0.6) is 0 Å². The number of rotatable bonds is 4. The minimum absolute atomic E-state index is 0.315. The van der Waals surface area contributed by atoms with Gasteiger partial charge in [-0.1, -0.05) is 24.3 Å². The largest absolute Gasteiger partial charge is 0.288 e. The number of benzene rings is 2. The lowest BCUT2D eigenvalue weighted by Crippen LogP contribution is -2.31. The van der Waals surface area contributed by atoms with Gasteiger partial charge in [-0.05, 0) is 12.1 Å². The molecule has 0 atom stereocenters. The van der Waals surface area contributed by atoms with Crippen LogP contribution in [0.1, 0.15) is 20.7 Å². The van der Waals surface area contributed by atoms with Gasteiger partial charge in [0.15, 0.2) is 0 Å². The molecule has 0 aliphatic heterocycles. The van der Waals surface area contributed by atoms with Crippen LogP contribution in [0.3, 0.4) is 0 Å². The fourth-order valence-electron chi connectivity index (χ4n) is 1.89. The molecule has 23 heavy (non-hydrogen) atoms. The number of para-hydroxylation sites is 2. The monoisotopic (exact) mass is 315 g/mol. The van der Waals surface area contributed by atoms with Crippen LogP contribution in [0, 0.1) is 20.2 Å². The topological polar surface area (TPSA) is 132 Å². The van der Waals surface area contributed by atoms with Crippen LogP contribution in [-0.4, -0.2) is 21.7 Å². The molecule has 0 bridgehead atoms. The van der Waals surface area contributed by atoms with Crippen LogP contribution in [0.25, 0.3) is 0 Å². The average Bonchev–Trinajstić information content (AvgIpc) is 2.54. The molecule has 0 saturated heterocycles. The second-order valence-electron chi connectivity index (χ2n) is 4.33. The van der Waals surface area contributed by atoms with Gasteiger partial charge >= 0.3 is 0 Å². The average molecular weight is 315 g/mol. The molecule has 0 fully saturated rings. The maximum absolute atomic E-state index is 12.0. The number of nitro groups is 2. The van der Waals surface area contributed by atoms with E-state index in [-0.39, 0.29) is 11.1 Å². The molecule has 0 heterocycles. The minimum Gasteiger partial charge on any atom is -0.288 e. The Labute approximate surface area is 128 Å². The van der Waals surface area contributed by atoms with Crippen LogP contribution in [0.4, 0.5) is 11.4 Å². The maximum Gasteiger partial charge on any atom is 0.282 e. The van der Waals surface area contributed by atoms with Crippen molar-refractivity contribution in [1.82, 2.24) is 5.32 Å². The Morgan fingerprint density at radius 2 is 1.09 bits per heavy atom. The van der Waals surface area contributed by atoms with Crippen molar-refractivity contribution < 1.29 is 19.4 Å². The van der Waals surface area contributed by atoms with E-state index in [4.69, 9.17) is 0 Å². The molecule has 0 radical (unpaired) electrons. The smallest absolute Gasteiger partial charge is 0.282 e. The molecule has 2 aromatic rings. The van der Waals surface area contributed by atoms with E-state index in [9.17, 15) is 29.8 Å². The summed E-state index contributed by atoms with van der Waals surface area (Å²) in [4.78, 5) is 44.3. The van der Waals surface area contributed by atoms with Crippen molar-refractivity contribution in [2.75, 3.05) is 0 Å². The van der Waals surface area contributed by atoms with Crippen LogP contribution < -0.4 is 5.32 Å². The lowest BCUT2D eigenvalue weighted by molar-refractivity contribution is -0.385.